The van der Waals surface area contributed by atoms with Gasteiger partial charge in [0.25, 0.3) is 5.91 Å². The molecule has 0 aliphatic carbocycles. The van der Waals surface area contributed by atoms with E-state index in [4.69, 9.17) is 8.83 Å². The van der Waals surface area contributed by atoms with Crippen molar-refractivity contribution in [3.05, 3.63) is 78.1 Å². The van der Waals surface area contributed by atoms with Crippen LogP contribution >= 0.6 is 0 Å². The van der Waals surface area contributed by atoms with E-state index in [1.807, 2.05) is 0 Å². The Labute approximate surface area is 150 Å². The predicted molar refractivity (Wildman–Crippen MR) is 95.4 cm³/mol. The highest BCUT2D eigenvalue weighted by Crippen LogP contribution is 2.10. The molecular formula is C19H19N3O4. The van der Waals surface area contributed by atoms with Gasteiger partial charge in [0.05, 0.1) is 32.2 Å². The summed E-state index contributed by atoms with van der Waals surface area (Å²) < 4.78 is 10.3. The molecule has 134 valence electrons. The van der Waals surface area contributed by atoms with Gasteiger partial charge < -0.3 is 24.8 Å². The van der Waals surface area contributed by atoms with E-state index in [0.29, 0.717) is 30.2 Å². The number of benzene rings is 1. The van der Waals surface area contributed by atoms with Gasteiger partial charge in [-0.15, -0.1) is 0 Å². The summed E-state index contributed by atoms with van der Waals surface area (Å²) in [5, 5.41) is 8.53. The lowest BCUT2D eigenvalue weighted by atomic mass is 10.2. The average molecular weight is 353 g/mol. The number of carbonyl (C=O) groups excluding carboxylic acids is 2. The molecule has 7 heteroatoms. The molecule has 0 aliphatic heterocycles. The van der Waals surface area contributed by atoms with Gasteiger partial charge in [-0.2, -0.15) is 0 Å². The normalized spacial score (nSPS) is 10.3. The van der Waals surface area contributed by atoms with E-state index in [1.165, 1.54) is 0 Å². The van der Waals surface area contributed by atoms with Gasteiger partial charge >= 0.3 is 0 Å². The van der Waals surface area contributed by atoms with Crippen LogP contribution in [0.5, 0.6) is 0 Å². The first kappa shape index (κ1) is 17.3. The van der Waals surface area contributed by atoms with E-state index in [0.717, 1.165) is 5.69 Å². The Kier molecular flexibility index (Phi) is 5.72. The van der Waals surface area contributed by atoms with Crippen LogP contribution in [-0.2, 0) is 17.9 Å². The second kappa shape index (κ2) is 8.57. The minimum absolute atomic E-state index is 0.130. The Balaban J connectivity index is 1.42. The van der Waals surface area contributed by atoms with E-state index in [2.05, 4.69) is 16.0 Å². The molecule has 0 radical (unpaired) electrons. The van der Waals surface area contributed by atoms with E-state index >= 15 is 0 Å². The second-order valence-corrected chi connectivity index (χ2v) is 5.55. The van der Waals surface area contributed by atoms with Gasteiger partial charge in [0.2, 0.25) is 5.91 Å². The van der Waals surface area contributed by atoms with Crippen molar-refractivity contribution in [3.63, 3.8) is 0 Å². The second-order valence-electron chi connectivity index (χ2n) is 5.55. The third kappa shape index (κ3) is 5.01. The van der Waals surface area contributed by atoms with Crippen LogP contribution in [0.15, 0.2) is 69.9 Å². The molecular weight excluding hydrogens is 334 g/mol. The van der Waals surface area contributed by atoms with Crippen molar-refractivity contribution in [2.45, 2.75) is 13.1 Å². The van der Waals surface area contributed by atoms with E-state index in [-0.39, 0.29) is 18.4 Å². The number of anilines is 1. The van der Waals surface area contributed by atoms with Crippen molar-refractivity contribution in [1.82, 2.24) is 10.6 Å². The minimum atomic E-state index is -0.191. The van der Waals surface area contributed by atoms with Gasteiger partial charge in [-0.1, -0.05) is 0 Å². The van der Waals surface area contributed by atoms with Crippen LogP contribution in [0.25, 0.3) is 0 Å². The Morgan fingerprint density at radius 3 is 2.00 bits per heavy atom. The number of carbonyl (C=O) groups is 2. The number of rotatable bonds is 8. The molecule has 3 rings (SSSR count). The molecule has 3 N–H and O–H groups in total. The summed E-state index contributed by atoms with van der Waals surface area (Å²) in [6.45, 7) is 0.814. The molecule has 0 unspecified atom stereocenters. The molecule has 26 heavy (non-hydrogen) atoms. The first-order valence-electron chi connectivity index (χ1n) is 8.14. The van der Waals surface area contributed by atoms with Gasteiger partial charge in [0.15, 0.2) is 0 Å². The van der Waals surface area contributed by atoms with Crippen LogP contribution in [0.3, 0.4) is 0 Å². The standard InChI is InChI=1S/C19H19N3O4/c23-18(21-11-16-3-1-9-25-16)13-20-15-7-5-14(6-8-15)19(24)22-12-17-4-2-10-26-17/h1-10,20H,11-13H2,(H,21,23)(H,22,24). The molecule has 0 aliphatic rings. The van der Waals surface area contributed by atoms with Crippen LogP contribution < -0.4 is 16.0 Å². The fraction of sp³-hybridized carbons (Fsp3) is 0.158. The predicted octanol–water partition coefficient (Wildman–Crippen LogP) is 2.53. The highest BCUT2D eigenvalue weighted by atomic mass is 16.3. The lowest BCUT2D eigenvalue weighted by Crippen LogP contribution is -2.29. The fourth-order valence-electron chi connectivity index (χ4n) is 2.27. The number of nitrogens with one attached hydrogen (secondary N) is 3. The van der Waals surface area contributed by atoms with Crippen molar-refractivity contribution in [2.24, 2.45) is 0 Å². The highest BCUT2D eigenvalue weighted by molar-refractivity contribution is 5.94. The quantitative estimate of drug-likeness (QED) is 0.578. The molecule has 2 heterocycles. The number of hydrogen-bond donors (Lipinski definition) is 3. The first-order chi connectivity index (χ1) is 12.7. The smallest absolute Gasteiger partial charge is 0.251 e. The van der Waals surface area contributed by atoms with Gasteiger partial charge in [0, 0.05) is 11.3 Å². The maximum absolute atomic E-state index is 12.1. The van der Waals surface area contributed by atoms with E-state index in [1.54, 1.807) is 61.1 Å². The van der Waals surface area contributed by atoms with Crippen molar-refractivity contribution in [1.29, 1.82) is 0 Å². The SMILES string of the molecule is O=C(CNc1ccc(C(=O)NCc2ccco2)cc1)NCc1ccco1. The average Bonchev–Trinajstić information content (AvgIpc) is 3.37. The lowest BCUT2D eigenvalue weighted by molar-refractivity contribution is -0.119. The zero-order valence-corrected chi connectivity index (χ0v) is 14.0. The summed E-state index contributed by atoms with van der Waals surface area (Å²) in [7, 11) is 0. The topological polar surface area (TPSA) is 96.5 Å². The molecule has 1 aromatic carbocycles. The molecule has 2 amide bonds. The summed E-state index contributed by atoms with van der Waals surface area (Å²) >= 11 is 0. The van der Waals surface area contributed by atoms with Crippen LogP contribution in [-0.4, -0.2) is 18.4 Å². The maximum atomic E-state index is 12.1. The number of hydrogen-bond acceptors (Lipinski definition) is 5. The van der Waals surface area contributed by atoms with Crippen LogP contribution in [0.4, 0.5) is 5.69 Å². The number of furan rings is 2. The first-order valence-corrected chi connectivity index (χ1v) is 8.14. The van der Waals surface area contributed by atoms with E-state index < -0.39 is 0 Å². The Bertz CT molecular complexity index is 824. The molecule has 0 saturated carbocycles. The van der Waals surface area contributed by atoms with Gasteiger partial charge in [-0.05, 0) is 48.5 Å². The molecule has 0 saturated heterocycles. The lowest BCUT2D eigenvalue weighted by Gasteiger charge is -2.08. The molecule has 0 spiro atoms. The van der Waals surface area contributed by atoms with Gasteiger partial charge in [-0.25, -0.2) is 0 Å². The molecule has 3 aromatic rings. The molecule has 0 bridgehead atoms. The maximum Gasteiger partial charge on any atom is 0.251 e. The molecule has 0 fully saturated rings. The van der Waals surface area contributed by atoms with Gasteiger partial charge in [0.1, 0.15) is 11.5 Å². The minimum Gasteiger partial charge on any atom is -0.467 e. The summed E-state index contributed by atoms with van der Waals surface area (Å²) in [5.74, 6) is 1.05. The Morgan fingerprint density at radius 2 is 1.42 bits per heavy atom. The van der Waals surface area contributed by atoms with Crippen LogP contribution in [0.1, 0.15) is 21.9 Å². The molecule has 2 aromatic heterocycles. The fourth-order valence-corrected chi connectivity index (χ4v) is 2.27. The summed E-state index contributed by atoms with van der Waals surface area (Å²) in [6.07, 6.45) is 3.12. The monoisotopic (exact) mass is 353 g/mol. The van der Waals surface area contributed by atoms with Crippen LogP contribution in [0, 0.1) is 0 Å². The molecule has 7 nitrogen and oxygen atoms in total. The summed E-state index contributed by atoms with van der Waals surface area (Å²) in [4.78, 5) is 23.9. The van der Waals surface area contributed by atoms with Crippen molar-refractivity contribution >= 4 is 17.5 Å². The summed E-state index contributed by atoms with van der Waals surface area (Å²) in [6, 6.07) is 14.0. The third-order valence-corrected chi connectivity index (χ3v) is 3.64. The number of amides is 2. The van der Waals surface area contributed by atoms with Crippen molar-refractivity contribution < 1.29 is 18.4 Å². The largest absolute Gasteiger partial charge is 0.467 e. The third-order valence-electron chi connectivity index (χ3n) is 3.64. The van der Waals surface area contributed by atoms with Gasteiger partial charge in [-0.3, -0.25) is 9.59 Å². The van der Waals surface area contributed by atoms with Crippen molar-refractivity contribution in [3.8, 4) is 0 Å². The summed E-state index contributed by atoms with van der Waals surface area (Å²) in [5.41, 5.74) is 1.28. The zero-order chi connectivity index (χ0) is 18.2. The zero-order valence-electron chi connectivity index (χ0n) is 14.0. The molecule has 0 atom stereocenters. The Hall–Kier alpha value is -3.48. The van der Waals surface area contributed by atoms with Crippen molar-refractivity contribution in [2.75, 3.05) is 11.9 Å². The highest BCUT2D eigenvalue weighted by Gasteiger charge is 2.07. The van der Waals surface area contributed by atoms with E-state index in [9.17, 15) is 9.59 Å². The van der Waals surface area contributed by atoms with Crippen LogP contribution in [0.2, 0.25) is 0 Å². The Morgan fingerprint density at radius 1 is 0.808 bits per heavy atom.